The predicted octanol–water partition coefficient (Wildman–Crippen LogP) is 4.36. The average molecular weight is 401 g/mol. The van der Waals surface area contributed by atoms with Gasteiger partial charge in [0.2, 0.25) is 0 Å². The number of rotatable bonds is 4. The van der Waals surface area contributed by atoms with E-state index in [0.717, 1.165) is 15.9 Å². The lowest BCUT2D eigenvalue weighted by molar-refractivity contribution is 0.0528. The van der Waals surface area contributed by atoms with Crippen LogP contribution in [0.25, 0.3) is 5.69 Å². The number of hydrogen-bond acceptors (Lipinski definition) is 3. The third-order valence-corrected chi connectivity index (χ3v) is 4.33. The fourth-order valence-electron chi connectivity index (χ4n) is 2.01. The molecular formula is C16H19BrClN3O2. The molecule has 0 aliphatic carbocycles. The molecule has 1 N–H and O–H groups in total. The van der Waals surface area contributed by atoms with Crippen molar-refractivity contribution in [3.05, 3.63) is 45.9 Å². The molecule has 0 aliphatic rings. The van der Waals surface area contributed by atoms with Crippen LogP contribution in [0.4, 0.5) is 4.79 Å². The van der Waals surface area contributed by atoms with Crippen LogP contribution in [0, 0.1) is 0 Å². The van der Waals surface area contributed by atoms with Gasteiger partial charge in [-0.15, -0.1) is 0 Å². The number of nitrogens with one attached hydrogen (secondary N) is 1. The van der Waals surface area contributed by atoms with Crippen LogP contribution in [0.1, 0.15) is 26.5 Å². The van der Waals surface area contributed by atoms with E-state index in [4.69, 9.17) is 16.3 Å². The van der Waals surface area contributed by atoms with Crippen LogP contribution < -0.4 is 5.32 Å². The van der Waals surface area contributed by atoms with E-state index in [2.05, 4.69) is 26.2 Å². The van der Waals surface area contributed by atoms with E-state index in [0.29, 0.717) is 18.0 Å². The van der Waals surface area contributed by atoms with Gasteiger partial charge in [-0.3, -0.25) is 0 Å². The van der Waals surface area contributed by atoms with Crippen LogP contribution in [0.5, 0.6) is 0 Å². The standard InChI is InChI=1S/C16H19BrClN3O2/c1-16(2,3)23-15(22)20-8-7-11-9-19-10-21(11)13-6-4-5-12(18)14(13)17/h4-6,9-10H,7-8H2,1-3H3,(H,20,22). The number of carbonyl (C=O) groups excluding carboxylic acids is 1. The SMILES string of the molecule is CC(C)(C)OC(=O)NCCc1cncn1-c1cccc(Cl)c1Br. The maximum atomic E-state index is 11.7. The van der Waals surface area contributed by atoms with E-state index in [9.17, 15) is 4.79 Å². The van der Waals surface area contributed by atoms with Crippen LogP contribution in [0.3, 0.4) is 0 Å². The second-order valence-corrected chi connectivity index (χ2v) is 7.21. The Balaban J connectivity index is 2.02. The number of benzene rings is 1. The van der Waals surface area contributed by atoms with Crippen LogP contribution in [-0.2, 0) is 11.2 Å². The van der Waals surface area contributed by atoms with Crippen molar-refractivity contribution >= 4 is 33.6 Å². The number of nitrogens with zero attached hydrogens (tertiary/aromatic N) is 2. The lowest BCUT2D eigenvalue weighted by Gasteiger charge is -2.19. The second-order valence-electron chi connectivity index (χ2n) is 6.01. The Morgan fingerprint density at radius 3 is 2.87 bits per heavy atom. The molecule has 0 saturated carbocycles. The monoisotopic (exact) mass is 399 g/mol. The Bertz CT molecular complexity index is 695. The van der Waals surface area contributed by atoms with Gasteiger partial charge in [0.1, 0.15) is 5.60 Å². The number of aromatic nitrogens is 2. The molecule has 1 aromatic heterocycles. The minimum Gasteiger partial charge on any atom is -0.444 e. The Morgan fingerprint density at radius 2 is 2.17 bits per heavy atom. The highest BCUT2D eigenvalue weighted by molar-refractivity contribution is 9.10. The van der Waals surface area contributed by atoms with Gasteiger partial charge in [-0.2, -0.15) is 0 Å². The molecule has 124 valence electrons. The van der Waals surface area contributed by atoms with E-state index in [1.807, 2.05) is 43.5 Å². The van der Waals surface area contributed by atoms with E-state index in [1.54, 1.807) is 12.5 Å². The number of ether oxygens (including phenoxy) is 1. The number of hydrogen-bond donors (Lipinski definition) is 1. The summed E-state index contributed by atoms with van der Waals surface area (Å²) in [5.74, 6) is 0. The number of halogens is 2. The quantitative estimate of drug-likeness (QED) is 0.830. The second kappa shape index (κ2) is 7.36. The van der Waals surface area contributed by atoms with Crippen molar-refractivity contribution in [2.75, 3.05) is 6.54 Å². The number of imidazole rings is 1. The van der Waals surface area contributed by atoms with E-state index in [1.165, 1.54) is 0 Å². The molecular weight excluding hydrogens is 382 g/mol. The van der Waals surface area contributed by atoms with Crippen molar-refractivity contribution in [3.63, 3.8) is 0 Å². The Morgan fingerprint density at radius 1 is 1.43 bits per heavy atom. The van der Waals surface area contributed by atoms with Crippen molar-refractivity contribution in [3.8, 4) is 5.69 Å². The first kappa shape index (κ1) is 17.8. The van der Waals surface area contributed by atoms with E-state index < -0.39 is 11.7 Å². The van der Waals surface area contributed by atoms with Gasteiger partial charge in [0, 0.05) is 24.9 Å². The van der Waals surface area contributed by atoms with Crippen LogP contribution in [0.15, 0.2) is 35.2 Å². The average Bonchev–Trinajstić information content (AvgIpc) is 2.88. The van der Waals surface area contributed by atoms with E-state index in [-0.39, 0.29) is 0 Å². The molecule has 0 bridgehead atoms. The van der Waals surface area contributed by atoms with Crippen LogP contribution >= 0.6 is 27.5 Å². The molecule has 5 nitrogen and oxygen atoms in total. The van der Waals surface area contributed by atoms with Gasteiger partial charge in [-0.25, -0.2) is 9.78 Å². The van der Waals surface area contributed by atoms with Gasteiger partial charge in [0.25, 0.3) is 0 Å². The van der Waals surface area contributed by atoms with Crippen molar-refractivity contribution < 1.29 is 9.53 Å². The zero-order valence-corrected chi connectivity index (χ0v) is 15.6. The minimum atomic E-state index is -0.502. The minimum absolute atomic E-state index is 0.424. The van der Waals surface area contributed by atoms with Gasteiger partial charge >= 0.3 is 6.09 Å². The molecule has 0 saturated heterocycles. The van der Waals surface area contributed by atoms with Gasteiger partial charge in [0.05, 0.1) is 21.5 Å². The number of alkyl carbamates (subject to hydrolysis) is 1. The van der Waals surface area contributed by atoms with E-state index >= 15 is 0 Å². The summed E-state index contributed by atoms with van der Waals surface area (Å²) in [6.45, 7) is 5.95. The molecule has 1 aromatic carbocycles. The van der Waals surface area contributed by atoms with Crippen molar-refractivity contribution in [2.45, 2.75) is 32.8 Å². The molecule has 2 aromatic rings. The summed E-state index contributed by atoms with van der Waals surface area (Å²) in [6, 6.07) is 5.64. The summed E-state index contributed by atoms with van der Waals surface area (Å²) in [5.41, 5.74) is 1.36. The lowest BCUT2D eigenvalue weighted by atomic mass is 10.2. The maximum Gasteiger partial charge on any atom is 0.407 e. The summed E-state index contributed by atoms with van der Waals surface area (Å²) in [5, 5.41) is 3.38. The first-order valence-electron chi connectivity index (χ1n) is 7.20. The summed E-state index contributed by atoms with van der Waals surface area (Å²) in [4.78, 5) is 15.8. The number of carbonyl (C=O) groups is 1. The molecule has 0 radical (unpaired) electrons. The van der Waals surface area contributed by atoms with Gasteiger partial charge in [0.15, 0.2) is 0 Å². The van der Waals surface area contributed by atoms with Gasteiger partial charge in [-0.05, 0) is 48.8 Å². The highest BCUT2D eigenvalue weighted by atomic mass is 79.9. The zero-order valence-electron chi connectivity index (χ0n) is 13.3. The molecule has 0 atom stereocenters. The Labute approximate surface area is 149 Å². The molecule has 1 amide bonds. The molecule has 23 heavy (non-hydrogen) atoms. The highest BCUT2D eigenvalue weighted by Gasteiger charge is 2.16. The molecule has 2 rings (SSSR count). The van der Waals surface area contributed by atoms with Gasteiger partial charge in [-0.1, -0.05) is 17.7 Å². The van der Waals surface area contributed by atoms with Crippen molar-refractivity contribution in [1.82, 2.24) is 14.9 Å². The first-order valence-corrected chi connectivity index (χ1v) is 8.37. The van der Waals surface area contributed by atoms with Crippen LogP contribution in [-0.4, -0.2) is 27.8 Å². The molecule has 0 aliphatic heterocycles. The molecule has 0 unspecified atom stereocenters. The van der Waals surface area contributed by atoms with Crippen molar-refractivity contribution in [1.29, 1.82) is 0 Å². The largest absolute Gasteiger partial charge is 0.444 e. The maximum absolute atomic E-state index is 11.7. The molecule has 1 heterocycles. The van der Waals surface area contributed by atoms with Crippen molar-refractivity contribution in [2.24, 2.45) is 0 Å². The molecule has 7 heteroatoms. The third kappa shape index (κ3) is 4.97. The zero-order chi connectivity index (χ0) is 17.0. The summed E-state index contributed by atoms with van der Waals surface area (Å²) in [7, 11) is 0. The molecule has 0 fully saturated rings. The Hall–Kier alpha value is -1.53. The fraction of sp³-hybridized carbons (Fsp3) is 0.375. The summed E-state index contributed by atoms with van der Waals surface area (Å²) >= 11 is 9.63. The topological polar surface area (TPSA) is 56.1 Å². The summed E-state index contributed by atoms with van der Waals surface area (Å²) < 4.78 is 7.95. The predicted molar refractivity (Wildman–Crippen MR) is 94.2 cm³/mol. The Kier molecular flexibility index (Phi) is 5.70. The molecule has 0 spiro atoms. The smallest absolute Gasteiger partial charge is 0.407 e. The highest BCUT2D eigenvalue weighted by Crippen LogP contribution is 2.29. The van der Waals surface area contributed by atoms with Crippen LogP contribution in [0.2, 0.25) is 5.02 Å². The number of amides is 1. The normalized spacial score (nSPS) is 11.3. The first-order chi connectivity index (χ1) is 10.8. The van der Waals surface area contributed by atoms with Gasteiger partial charge < -0.3 is 14.6 Å². The lowest BCUT2D eigenvalue weighted by Crippen LogP contribution is -2.33. The summed E-state index contributed by atoms with van der Waals surface area (Å²) in [6.07, 6.45) is 3.69. The third-order valence-electron chi connectivity index (χ3n) is 2.96. The fourth-order valence-corrected chi connectivity index (χ4v) is 2.63.